The van der Waals surface area contributed by atoms with Gasteiger partial charge in [0, 0.05) is 101 Å². The molecule has 0 unspecified atom stereocenters. The smallest absolute Gasteiger partial charge is 0.414 e. The van der Waals surface area contributed by atoms with Crippen LogP contribution in [0.5, 0.6) is 0 Å². The molecule has 0 bridgehead atoms. The maximum Gasteiger partial charge on any atom is 0.414 e. The lowest BCUT2D eigenvalue weighted by Gasteiger charge is -2.35. The number of aliphatic hydroxyl groups is 1. The summed E-state index contributed by atoms with van der Waals surface area (Å²) in [6.45, 7) is 1.81. The van der Waals surface area contributed by atoms with Crippen molar-refractivity contribution in [3.63, 3.8) is 0 Å². The van der Waals surface area contributed by atoms with Gasteiger partial charge in [0.2, 0.25) is 0 Å². The van der Waals surface area contributed by atoms with E-state index >= 15 is 0 Å². The van der Waals surface area contributed by atoms with Crippen LogP contribution in [-0.4, -0.2) is 104 Å². The van der Waals surface area contributed by atoms with Crippen LogP contribution in [0.2, 0.25) is 10.0 Å². The fraction of sp³-hybridized carbons (Fsp3) is 0.304. The van der Waals surface area contributed by atoms with Gasteiger partial charge in [0.15, 0.2) is 0 Å². The zero-order chi connectivity index (χ0) is 45.6. The number of hydrogen-bond donors (Lipinski definition) is 3. The molecular weight excluding hydrogens is 916 g/mol. The number of aliphatic hydroxyl groups excluding tert-OH is 1. The van der Waals surface area contributed by atoms with E-state index in [9.17, 15) is 33.1 Å². The normalized spacial score (nSPS) is 17.0. The maximum absolute atomic E-state index is 13.3. The highest BCUT2D eigenvalue weighted by Crippen LogP contribution is 2.44. The van der Waals surface area contributed by atoms with Gasteiger partial charge in [-0.25, -0.2) is 13.6 Å². The van der Waals surface area contributed by atoms with Crippen LogP contribution in [-0.2, 0) is 23.8 Å². The molecule has 64 heavy (non-hydrogen) atoms. The number of nitrogens with one attached hydrogen (secondary N) is 2. The monoisotopic (exact) mass is 960 g/mol. The Balaban J connectivity index is 0.000000213. The fourth-order valence-electron chi connectivity index (χ4n) is 7.42. The molecule has 12 nitrogen and oxygen atoms in total. The van der Waals surface area contributed by atoms with Crippen LogP contribution in [0.3, 0.4) is 0 Å². The van der Waals surface area contributed by atoms with Gasteiger partial charge in [-0.05, 0) is 82.4 Å². The van der Waals surface area contributed by atoms with E-state index in [1.54, 1.807) is 88.9 Å². The van der Waals surface area contributed by atoms with Crippen LogP contribution in [0.4, 0.5) is 18.4 Å². The molecule has 0 atom stereocenters. The van der Waals surface area contributed by atoms with E-state index in [4.69, 9.17) is 49.0 Å². The lowest BCUT2D eigenvalue weighted by Crippen LogP contribution is -2.49. The lowest BCUT2D eigenvalue weighted by molar-refractivity contribution is -0.117. The lowest BCUT2D eigenvalue weighted by atomic mass is 9.87. The summed E-state index contributed by atoms with van der Waals surface area (Å²) < 4.78 is 43.1. The van der Waals surface area contributed by atoms with Crippen LogP contribution >= 0.6 is 47.2 Å². The molecule has 4 aromatic rings. The Bertz CT molecular complexity index is 2450. The molecule has 4 aliphatic rings. The molecule has 340 valence electrons. The van der Waals surface area contributed by atoms with Gasteiger partial charge in [-0.3, -0.25) is 14.4 Å². The SMILES string of the molecule is CN(C)C(=O)Cl.CN(C)C(=O)OC1=C(c2cc(-c3ccc(F)cc3)ccc2Cl)C(=O)NC12CCOCC2.Cl.O=C1NC2(CCOCC2)C(O)=C1c1cc(-c2ccc(F)cc2)ccc1Cl. The molecule has 2 fully saturated rings. The van der Waals surface area contributed by atoms with Crippen molar-refractivity contribution in [3.8, 4) is 22.3 Å². The highest BCUT2D eigenvalue weighted by atomic mass is 35.5. The molecular formula is C46H46Cl4F2N4O8. The summed E-state index contributed by atoms with van der Waals surface area (Å²) in [5, 5.41) is 17.0. The Kier molecular flexibility index (Phi) is 16.5. The summed E-state index contributed by atoms with van der Waals surface area (Å²) in [6.07, 6.45) is 1.41. The number of benzene rings is 4. The average Bonchev–Trinajstić information content (AvgIpc) is 3.65. The zero-order valence-electron chi connectivity index (χ0n) is 35.2. The van der Waals surface area contributed by atoms with Gasteiger partial charge in [0.25, 0.3) is 11.8 Å². The molecule has 3 N–H and O–H groups in total. The van der Waals surface area contributed by atoms with Crippen molar-refractivity contribution in [1.82, 2.24) is 20.4 Å². The molecule has 4 aromatic carbocycles. The van der Waals surface area contributed by atoms with Crippen LogP contribution in [0.15, 0.2) is 96.4 Å². The van der Waals surface area contributed by atoms with Crippen molar-refractivity contribution in [2.75, 3.05) is 54.6 Å². The number of ether oxygens (including phenoxy) is 3. The van der Waals surface area contributed by atoms with E-state index in [2.05, 4.69) is 10.6 Å². The topological polar surface area (TPSA) is 147 Å². The molecule has 0 aromatic heterocycles. The van der Waals surface area contributed by atoms with E-state index in [1.807, 2.05) is 0 Å². The van der Waals surface area contributed by atoms with Gasteiger partial charge in [0.1, 0.15) is 34.2 Å². The van der Waals surface area contributed by atoms with E-state index in [0.717, 1.165) is 22.3 Å². The Labute approximate surface area is 390 Å². The third-order valence-corrected chi connectivity index (χ3v) is 11.9. The molecule has 2 saturated heterocycles. The second-order valence-corrected chi connectivity index (χ2v) is 16.7. The molecule has 0 aliphatic carbocycles. The highest BCUT2D eigenvalue weighted by Gasteiger charge is 2.50. The van der Waals surface area contributed by atoms with Gasteiger partial charge >= 0.3 is 11.5 Å². The highest BCUT2D eigenvalue weighted by molar-refractivity contribution is 6.62. The van der Waals surface area contributed by atoms with E-state index in [1.165, 1.54) is 34.1 Å². The maximum atomic E-state index is 13.3. The van der Waals surface area contributed by atoms with Crippen molar-refractivity contribution in [2.24, 2.45) is 0 Å². The van der Waals surface area contributed by atoms with Crippen molar-refractivity contribution in [1.29, 1.82) is 0 Å². The summed E-state index contributed by atoms with van der Waals surface area (Å²) >= 11 is 17.7. The first-order chi connectivity index (χ1) is 29.9. The number of carbonyl (C=O) groups is 4. The van der Waals surface area contributed by atoms with Crippen molar-refractivity contribution < 1.29 is 47.3 Å². The Hall–Kier alpha value is -5.22. The number of amides is 4. The van der Waals surface area contributed by atoms with E-state index in [-0.39, 0.29) is 58.5 Å². The Morgan fingerprint density at radius 2 is 1.02 bits per heavy atom. The predicted molar refractivity (Wildman–Crippen MR) is 244 cm³/mol. The first-order valence-corrected chi connectivity index (χ1v) is 21.0. The van der Waals surface area contributed by atoms with E-state index < -0.39 is 22.5 Å². The second-order valence-electron chi connectivity index (χ2n) is 15.5. The van der Waals surface area contributed by atoms with Gasteiger partial charge < -0.3 is 39.8 Å². The fourth-order valence-corrected chi connectivity index (χ4v) is 7.84. The molecule has 4 amide bonds. The summed E-state index contributed by atoms with van der Waals surface area (Å²) in [7, 11) is 6.34. The zero-order valence-corrected chi connectivity index (χ0v) is 38.3. The molecule has 0 saturated carbocycles. The third-order valence-electron chi connectivity index (χ3n) is 10.9. The number of carbonyl (C=O) groups excluding carboxylic acids is 4. The first kappa shape index (κ1) is 49.8. The molecule has 8 rings (SSSR count). The van der Waals surface area contributed by atoms with Crippen molar-refractivity contribution in [3.05, 3.63) is 129 Å². The number of rotatable bonds is 5. The summed E-state index contributed by atoms with van der Waals surface area (Å²) in [5.74, 6) is -1.08. The minimum atomic E-state index is -0.828. The summed E-state index contributed by atoms with van der Waals surface area (Å²) in [6, 6.07) is 22.6. The Morgan fingerprint density at radius 3 is 1.44 bits per heavy atom. The molecule has 0 radical (unpaired) electrons. The average molecular weight is 963 g/mol. The minimum absolute atomic E-state index is 0. The van der Waals surface area contributed by atoms with Crippen LogP contribution in [0.1, 0.15) is 36.8 Å². The number of hydrogen-bond acceptors (Lipinski definition) is 8. The first-order valence-electron chi connectivity index (χ1n) is 19.8. The van der Waals surface area contributed by atoms with E-state index in [0.29, 0.717) is 73.3 Å². The number of nitrogens with zero attached hydrogens (tertiary/aromatic N) is 2. The summed E-state index contributed by atoms with van der Waals surface area (Å²) in [4.78, 5) is 50.6. The number of halogens is 6. The van der Waals surface area contributed by atoms with Crippen LogP contribution < -0.4 is 10.6 Å². The minimum Gasteiger partial charge on any atom is -0.509 e. The molecule has 2 spiro atoms. The third kappa shape index (κ3) is 11.0. The summed E-state index contributed by atoms with van der Waals surface area (Å²) in [5.41, 5.74) is 2.83. The van der Waals surface area contributed by atoms with Crippen LogP contribution in [0.25, 0.3) is 33.4 Å². The van der Waals surface area contributed by atoms with Gasteiger partial charge in [0.05, 0.1) is 11.1 Å². The molecule has 4 heterocycles. The predicted octanol–water partition coefficient (Wildman–Crippen LogP) is 9.66. The van der Waals surface area contributed by atoms with Gasteiger partial charge in [-0.15, -0.1) is 12.4 Å². The Morgan fingerprint density at radius 1 is 0.641 bits per heavy atom. The quantitative estimate of drug-likeness (QED) is 0.132. The van der Waals surface area contributed by atoms with Gasteiger partial charge in [-0.2, -0.15) is 0 Å². The largest absolute Gasteiger partial charge is 0.509 e. The molecule has 4 aliphatic heterocycles. The van der Waals surface area contributed by atoms with Gasteiger partial charge in [-0.1, -0.05) is 59.6 Å². The van der Waals surface area contributed by atoms with Crippen LogP contribution in [0, 0.1) is 11.6 Å². The van der Waals surface area contributed by atoms with Crippen molar-refractivity contribution >= 4 is 81.6 Å². The van der Waals surface area contributed by atoms with Crippen molar-refractivity contribution in [2.45, 2.75) is 36.8 Å². The second kappa shape index (κ2) is 21.2. The standard InChI is InChI=1S/C23H22ClFN2O4.C20H17ClFNO3.C3H6ClNO.ClH/c1-27(2)22(29)31-20-19(21(28)26-23(20)9-11-30-12-10-23)17-13-15(5-8-18(17)24)14-3-6-16(25)7-4-14;21-16-6-3-13(12-1-4-14(22)5-2-12)11-15(16)17-18(24)20(23-19(17)25)7-9-26-10-8-20;1-5(2)3(4)6;/h3-8,13H,9-12H2,1-2H3,(H,26,28);1-6,11,24H,7-10H2,(H,23,25);1-2H3;1H. The molecule has 18 heteroatoms.